The van der Waals surface area contributed by atoms with Gasteiger partial charge in [-0.1, -0.05) is 6.92 Å². The molecule has 0 spiro atoms. The van der Waals surface area contributed by atoms with Crippen LogP contribution in [0.1, 0.15) is 48.1 Å². The van der Waals surface area contributed by atoms with Crippen LogP contribution < -0.4 is 5.32 Å². The van der Waals surface area contributed by atoms with Crippen LogP contribution in [0.4, 0.5) is 0 Å². The van der Waals surface area contributed by atoms with E-state index >= 15 is 0 Å². The summed E-state index contributed by atoms with van der Waals surface area (Å²) in [5.41, 5.74) is 0.610. The molecular formula is C14H19N3O3S. The summed E-state index contributed by atoms with van der Waals surface area (Å²) >= 11 is 1.30. The number of nitrogens with one attached hydrogen (secondary N) is 1. The second kappa shape index (κ2) is 6.89. The molecule has 0 unspecified atom stereocenters. The predicted molar refractivity (Wildman–Crippen MR) is 79.6 cm³/mol. The molecule has 0 aliphatic heterocycles. The molecule has 1 aromatic rings. The number of carbonyl (C=O) groups excluding carboxylic acids is 1. The van der Waals surface area contributed by atoms with Crippen LogP contribution in [0, 0.1) is 6.92 Å². The molecule has 0 saturated heterocycles. The third-order valence-corrected chi connectivity index (χ3v) is 4.12. The van der Waals surface area contributed by atoms with Gasteiger partial charge in [-0.2, -0.15) is 0 Å². The number of aryl methyl sites for hydroxylation is 2. The van der Waals surface area contributed by atoms with Crippen molar-refractivity contribution in [3.63, 3.8) is 0 Å². The summed E-state index contributed by atoms with van der Waals surface area (Å²) in [6.07, 6.45) is 3.14. The van der Waals surface area contributed by atoms with Crippen LogP contribution in [-0.4, -0.2) is 38.7 Å². The number of rotatable bonds is 7. The standard InChI is InChI=1S/C14H19N3O3S/c1-3-10-15-8(2)12(14(19)20)13(17-10)21-7-6-11(18)16-9-4-5-9/h9H,3-7H2,1-2H3,(H,16,18)(H,19,20). The monoisotopic (exact) mass is 309 g/mol. The number of nitrogens with zero attached hydrogens (tertiary/aromatic N) is 2. The van der Waals surface area contributed by atoms with E-state index in [2.05, 4.69) is 15.3 Å². The van der Waals surface area contributed by atoms with E-state index in [9.17, 15) is 14.7 Å². The van der Waals surface area contributed by atoms with Crippen LogP contribution >= 0.6 is 11.8 Å². The predicted octanol–water partition coefficient (Wildman–Crippen LogP) is 1.81. The number of carboxylic acids is 1. The van der Waals surface area contributed by atoms with Crippen molar-refractivity contribution < 1.29 is 14.7 Å². The number of aromatic nitrogens is 2. The molecule has 2 N–H and O–H groups in total. The van der Waals surface area contributed by atoms with E-state index in [4.69, 9.17) is 0 Å². The lowest BCUT2D eigenvalue weighted by Crippen LogP contribution is -2.25. The molecule has 21 heavy (non-hydrogen) atoms. The first kappa shape index (κ1) is 15.8. The summed E-state index contributed by atoms with van der Waals surface area (Å²) in [5.74, 6) is 0.129. The fourth-order valence-electron chi connectivity index (χ4n) is 1.88. The number of aromatic carboxylic acids is 1. The SMILES string of the molecule is CCc1nc(C)c(C(=O)O)c(SCCC(=O)NC2CC2)n1. The van der Waals surface area contributed by atoms with Crippen molar-refractivity contribution in [3.05, 3.63) is 17.1 Å². The molecule has 2 rings (SSSR count). The van der Waals surface area contributed by atoms with Crippen LogP contribution in [0.5, 0.6) is 0 Å². The molecule has 1 saturated carbocycles. The minimum absolute atomic E-state index is 0.0170. The van der Waals surface area contributed by atoms with Gasteiger partial charge in [0.2, 0.25) is 5.91 Å². The van der Waals surface area contributed by atoms with Gasteiger partial charge in [0.15, 0.2) is 0 Å². The lowest BCUT2D eigenvalue weighted by molar-refractivity contribution is -0.120. The molecule has 1 aromatic heterocycles. The summed E-state index contributed by atoms with van der Waals surface area (Å²) in [7, 11) is 0. The lowest BCUT2D eigenvalue weighted by atomic mass is 10.2. The zero-order valence-corrected chi connectivity index (χ0v) is 13.0. The largest absolute Gasteiger partial charge is 0.478 e. The van der Waals surface area contributed by atoms with Crippen molar-refractivity contribution in [2.24, 2.45) is 0 Å². The molecule has 1 aliphatic rings. The molecular weight excluding hydrogens is 290 g/mol. The molecule has 0 bridgehead atoms. The van der Waals surface area contributed by atoms with Gasteiger partial charge < -0.3 is 10.4 Å². The first-order valence-electron chi connectivity index (χ1n) is 7.04. The van der Waals surface area contributed by atoms with Crippen LogP contribution in [0.3, 0.4) is 0 Å². The third kappa shape index (κ3) is 4.42. The van der Waals surface area contributed by atoms with E-state index in [1.54, 1.807) is 6.92 Å². The van der Waals surface area contributed by atoms with Gasteiger partial charge in [0.1, 0.15) is 16.4 Å². The Morgan fingerprint density at radius 1 is 1.38 bits per heavy atom. The van der Waals surface area contributed by atoms with Gasteiger partial charge in [0.05, 0.1) is 5.69 Å². The average Bonchev–Trinajstić information content (AvgIpc) is 3.21. The van der Waals surface area contributed by atoms with Gasteiger partial charge >= 0.3 is 5.97 Å². The Kier molecular flexibility index (Phi) is 5.17. The van der Waals surface area contributed by atoms with E-state index in [0.29, 0.717) is 41.2 Å². The second-order valence-electron chi connectivity index (χ2n) is 5.00. The number of hydrogen-bond donors (Lipinski definition) is 2. The van der Waals surface area contributed by atoms with Gasteiger partial charge in [0.25, 0.3) is 0 Å². The second-order valence-corrected chi connectivity index (χ2v) is 6.09. The van der Waals surface area contributed by atoms with Crippen LogP contribution in [-0.2, 0) is 11.2 Å². The van der Waals surface area contributed by atoms with Gasteiger partial charge in [-0.25, -0.2) is 14.8 Å². The first-order valence-corrected chi connectivity index (χ1v) is 8.02. The van der Waals surface area contributed by atoms with E-state index in [1.165, 1.54) is 11.8 Å². The van der Waals surface area contributed by atoms with Crippen LogP contribution in [0.25, 0.3) is 0 Å². The number of thioether (sulfide) groups is 1. The molecule has 114 valence electrons. The number of carboxylic acid groups (broad SMARTS) is 1. The lowest BCUT2D eigenvalue weighted by Gasteiger charge is -2.09. The summed E-state index contributed by atoms with van der Waals surface area (Å²) in [5, 5.41) is 12.6. The highest BCUT2D eigenvalue weighted by atomic mass is 32.2. The van der Waals surface area contributed by atoms with Gasteiger partial charge in [-0.3, -0.25) is 4.79 Å². The Hall–Kier alpha value is -1.63. The molecule has 1 aliphatic carbocycles. The zero-order chi connectivity index (χ0) is 15.4. The fourth-order valence-corrected chi connectivity index (χ4v) is 2.91. The average molecular weight is 309 g/mol. The van der Waals surface area contributed by atoms with Gasteiger partial charge in [0, 0.05) is 24.6 Å². The number of amides is 1. The van der Waals surface area contributed by atoms with E-state index in [0.717, 1.165) is 12.8 Å². The minimum Gasteiger partial charge on any atom is -0.478 e. The molecule has 1 fully saturated rings. The normalized spacial score (nSPS) is 14.0. The Bertz CT molecular complexity index is 559. The number of hydrogen-bond acceptors (Lipinski definition) is 5. The molecule has 6 nitrogen and oxygen atoms in total. The highest BCUT2D eigenvalue weighted by Gasteiger charge is 2.23. The Balaban J connectivity index is 2.01. The van der Waals surface area contributed by atoms with E-state index < -0.39 is 5.97 Å². The van der Waals surface area contributed by atoms with Crippen molar-refractivity contribution >= 4 is 23.6 Å². The summed E-state index contributed by atoms with van der Waals surface area (Å²) in [4.78, 5) is 31.4. The Morgan fingerprint density at radius 3 is 2.67 bits per heavy atom. The van der Waals surface area contributed by atoms with Crippen LogP contribution in [0.2, 0.25) is 0 Å². The summed E-state index contributed by atoms with van der Waals surface area (Å²) in [6.45, 7) is 3.60. The zero-order valence-electron chi connectivity index (χ0n) is 12.2. The maximum atomic E-state index is 11.6. The first-order chi connectivity index (χ1) is 10.0. The molecule has 1 heterocycles. The maximum absolute atomic E-state index is 11.6. The summed E-state index contributed by atoms with van der Waals surface area (Å²) < 4.78 is 0. The third-order valence-electron chi connectivity index (χ3n) is 3.14. The maximum Gasteiger partial charge on any atom is 0.340 e. The Morgan fingerprint density at radius 2 is 2.10 bits per heavy atom. The summed E-state index contributed by atoms with van der Waals surface area (Å²) in [6, 6.07) is 0.352. The van der Waals surface area contributed by atoms with E-state index in [-0.39, 0.29) is 11.5 Å². The molecule has 1 amide bonds. The van der Waals surface area contributed by atoms with Crippen LogP contribution in [0.15, 0.2) is 5.03 Å². The number of carbonyl (C=O) groups is 2. The van der Waals surface area contributed by atoms with Crippen molar-refractivity contribution in [1.29, 1.82) is 0 Å². The topological polar surface area (TPSA) is 92.2 Å². The van der Waals surface area contributed by atoms with E-state index in [1.807, 2.05) is 6.92 Å². The highest BCUT2D eigenvalue weighted by Crippen LogP contribution is 2.24. The molecule has 0 aromatic carbocycles. The van der Waals surface area contributed by atoms with Gasteiger partial charge in [-0.05, 0) is 19.8 Å². The molecule has 0 radical (unpaired) electrons. The molecule has 7 heteroatoms. The van der Waals surface area contributed by atoms with Gasteiger partial charge in [-0.15, -0.1) is 11.8 Å². The van der Waals surface area contributed by atoms with Crippen molar-refractivity contribution in [1.82, 2.24) is 15.3 Å². The highest BCUT2D eigenvalue weighted by molar-refractivity contribution is 7.99. The smallest absolute Gasteiger partial charge is 0.340 e. The minimum atomic E-state index is -1.03. The van der Waals surface area contributed by atoms with Crippen molar-refractivity contribution in [2.75, 3.05) is 5.75 Å². The van der Waals surface area contributed by atoms with Crippen molar-refractivity contribution in [3.8, 4) is 0 Å². The Labute approximate surface area is 127 Å². The quantitative estimate of drug-likeness (QED) is 0.589. The van der Waals surface area contributed by atoms with Crippen molar-refractivity contribution in [2.45, 2.75) is 50.6 Å². The molecule has 0 atom stereocenters. The fraction of sp³-hybridized carbons (Fsp3) is 0.571.